The quantitative estimate of drug-likeness (QED) is 0.509. The summed E-state index contributed by atoms with van der Waals surface area (Å²) in [6.45, 7) is -0.221. The van der Waals surface area contributed by atoms with Crippen LogP contribution < -0.4 is 5.73 Å². The van der Waals surface area contributed by atoms with Gasteiger partial charge in [0.25, 0.3) is 0 Å². The third kappa shape index (κ3) is 4.02. The highest BCUT2D eigenvalue weighted by molar-refractivity contribution is 7.32. The van der Waals surface area contributed by atoms with Gasteiger partial charge in [0.15, 0.2) is 11.5 Å². The summed E-state index contributed by atoms with van der Waals surface area (Å²) in [5.41, 5.74) is 6.75. The van der Waals surface area contributed by atoms with E-state index in [0.717, 1.165) is 0 Å². The molecule has 12 heteroatoms. The van der Waals surface area contributed by atoms with Crippen LogP contribution in [-0.4, -0.2) is 60.6 Å². The van der Waals surface area contributed by atoms with Gasteiger partial charge in [-0.1, -0.05) is 0 Å². The Bertz CT molecular complexity index is 682. The van der Waals surface area contributed by atoms with Crippen LogP contribution in [0.4, 0.5) is 5.82 Å². The van der Waals surface area contributed by atoms with Gasteiger partial charge in [-0.3, -0.25) is 9.13 Å². The van der Waals surface area contributed by atoms with Gasteiger partial charge in [-0.2, -0.15) is 0 Å². The van der Waals surface area contributed by atoms with Crippen molar-refractivity contribution < 1.29 is 28.9 Å². The number of ether oxygens (including phenoxy) is 1. The number of nitrogen functional groups attached to an aromatic ring is 1. The maximum absolute atomic E-state index is 9.71. The molecule has 1 aliphatic rings. The van der Waals surface area contributed by atoms with Gasteiger partial charge in [-0.05, 0) is 0 Å². The van der Waals surface area contributed by atoms with Gasteiger partial charge in [-0.25, -0.2) is 15.0 Å². The molecule has 23 heavy (non-hydrogen) atoms. The van der Waals surface area contributed by atoms with Crippen molar-refractivity contribution in [1.29, 1.82) is 0 Å². The van der Waals surface area contributed by atoms with Crippen molar-refractivity contribution in [2.75, 3.05) is 19.5 Å². The lowest BCUT2D eigenvalue weighted by atomic mass is 10.2. The first-order chi connectivity index (χ1) is 11.0. The van der Waals surface area contributed by atoms with Gasteiger partial charge in [0, 0.05) is 13.5 Å². The molecule has 5 N–H and O–H groups in total. The van der Waals surface area contributed by atoms with Crippen molar-refractivity contribution in [2.24, 2.45) is 0 Å². The minimum absolute atomic E-state index is 0.221. The SMILES string of the molecule is CO[PH](=O)O.Nc1ncnc2c1ncn2[C@H]1C[C@H](O)[C@@H](CO)O1. The number of fused-ring (bicyclic) bond motifs is 1. The number of rotatable bonds is 3. The van der Waals surface area contributed by atoms with Gasteiger partial charge in [-0.15, -0.1) is 0 Å². The Morgan fingerprint density at radius 3 is 2.78 bits per heavy atom. The number of aliphatic hydroxyl groups is 2. The molecule has 0 bridgehead atoms. The highest BCUT2D eigenvalue weighted by Gasteiger charge is 2.35. The molecule has 0 radical (unpaired) electrons. The molecule has 0 aromatic carbocycles. The molecule has 1 fully saturated rings. The molecule has 128 valence electrons. The normalized spacial score (nSPS) is 25.1. The lowest BCUT2D eigenvalue weighted by Gasteiger charge is -2.13. The van der Waals surface area contributed by atoms with Crippen LogP contribution in [0.1, 0.15) is 12.6 Å². The highest BCUT2D eigenvalue weighted by Crippen LogP contribution is 2.30. The van der Waals surface area contributed by atoms with Crippen molar-refractivity contribution >= 4 is 25.2 Å². The highest BCUT2D eigenvalue weighted by atomic mass is 31.1. The molecule has 2 aromatic rings. The minimum atomic E-state index is -2.62. The first kappa shape index (κ1) is 17.7. The van der Waals surface area contributed by atoms with Crippen LogP contribution in [0, 0.1) is 0 Å². The molecule has 0 spiro atoms. The van der Waals surface area contributed by atoms with Crippen molar-refractivity contribution in [1.82, 2.24) is 19.5 Å². The molecule has 0 saturated carbocycles. The van der Waals surface area contributed by atoms with E-state index in [1.54, 1.807) is 10.9 Å². The number of nitrogens with zero attached hydrogens (tertiary/aromatic N) is 4. The standard InChI is InChI=1S/C10H13N5O3.CH5O3P/c11-9-8-10(13-3-12-9)15(4-14-8)7-1-5(17)6(2-16)18-7;1-4-5(2)3/h3-7,16-17H,1-2H2,(H2,11,12,13);5H,1H3,(H,2,3)/t5-,6+,7+;/m0./s1. The molecular formula is C11H18N5O6P. The smallest absolute Gasteiger partial charge is 0.316 e. The van der Waals surface area contributed by atoms with Crippen LogP contribution in [0.5, 0.6) is 0 Å². The van der Waals surface area contributed by atoms with Crippen LogP contribution in [0.2, 0.25) is 0 Å². The van der Waals surface area contributed by atoms with Crippen LogP contribution in [0.25, 0.3) is 11.2 Å². The monoisotopic (exact) mass is 347 g/mol. The molecule has 4 atom stereocenters. The number of hydrogen-bond acceptors (Lipinski definition) is 9. The molecule has 2 aromatic heterocycles. The lowest BCUT2D eigenvalue weighted by molar-refractivity contribution is -0.0432. The summed E-state index contributed by atoms with van der Waals surface area (Å²) in [6.07, 6.45) is 1.60. The Morgan fingerprint density at radius 1 is 1.52 bits per heavy atom. The predicted molar refractivity (Wildman–Crippen MR) is 79.6 cm³/mol. The molecule has 1 aliphatic heterocycles. The Balaban J connectivity index is 0.000000338. The molecule has 11 nitrogen and oxygen atoms in total. The van der Waals surface area contributed by atoms with Crippen molar-refractivity contribution in [3.8, 4) is 0 Å². The largest absolute Gasteiger partial charge is 0.394 e. The average Bonchev–Trinajstić information content (AvgIpc) is 3.11. The van der Waals surface area contributed by atoms with E-state index >= 15 is 0 Å². The summed E-state index contributed by atoms with van der Waals surface area (Å²) in [5, 5.41) is 18.8. The fraction of sp³-hybridized carbons (Fsp3) is 0.545. The van der Waals surface area contributed by atoms with E-state index in [9.17, 15) is 9.67 Å². The van der Waals surface area contributed by atoms with Gasteiger partial charge in [0.2, 0.25) is 0 Å². The molecule has 0 aliphatic carbocycles. The summed E-state index contributed by atoms with van der Waals surface area (Å²) in [4.78, 5) is 19.8. The topological polar surface area (TPSA) is 166 Å². The predicted octanol–water partition coefficient (Wildman–Crippen LogP) is -0.936. The summed E-state index contributed by atoms with van der Waals surface area (Å²) >= 11 is 0. The number of anilines is 1. The number of imidazole rings is 1. The second kappa shape index (κ2) is 7.77. The molecule has 3 heterocycles. The molecule has 0 amide bonds. The van der Waals surface area contributed by atoms with Gasteiger partial charge in [0.05, 0.1) is 19.0 Å². The average molecular weight is 347 g/mol. The maximum Gasteiger partial charge on any atom is 0.316 e. The zero-order valence-corrected chi connectivity index (χ0v) is 13.2. The van der Waals surface area contributed by atoms with Gasteiger partial charge >= 0.3 is 8.25 Å². The Hall–Kier alpha value is -1.62. The molecule has 1 saturated heterocycles. The van der Waals surface area contributed by atoms with Crippen LogP contribution >= 0.6 is 8.25 Å². The third-order valence-corrected chi connectivity index (χ3v) is 3.61. The van der Waals surface area contributed by atoms with Gasteiger partial charge < -0.3 is 30.1 Å². The molecule has 1 unspecified atom stereocenters. The molecule has 3 rings (SSSR count). The Labute approximate surface area is 131 Å². The first-order valence-electron chi connectivity index (χ1n) is 6.62. The van der Waals surface area contributed by atoms with E-state index in [0.29, 0.717) is 23.4 Å². The number of hydrogen-bond donors (Lipinski definition) is 4. The summed E-state index contributed by atoms with van der Waals surface area (Å²) in [7, 11) is -1.44. The third-order valence-electron chi connectivity index (χ3n) is 3.26. The van der Waals surface area contributed by atoms with E-state index in [1.165, 1.54) is 13.4 Å². The van der Waals surface area contributed by atoms with Crippen molar-refractivity contribution in [3.63, 3.8) is 0 Å². The van der Waals surface area contributed by atoms with E-state index in [2.05, 4.69) is 19.5 Å². The van der Waals surface area contributed by atoms with E-state index < -0.39 is 26.7 Å². The van der Waals surface area contributed by atoms with E-state index in [-0.39, 0.29) is 6.61 Å². The zero-order valence-electron chi connectivity index (χ0n) is 12.2. The summed E-state index contributed by atoms with van der Waals surface area (Å²) < 4.78 is 20.4. The fourth-order valence-electron chi connectivity index (χ4n) is 2.13. The number of aromatic nitrogens is 4. The maximum atomic E-state index is 9.71. The van der Waals surface area contributed by atoms with Crippen molar-refractivity contribution in [2.45, 2.75) is 24.9 Å². The summed E-state index contributed by atoms with van der Waals surface area (Å²) in [6, 6.07) is 0. The fourth-order valence-corrected chi connectivity index (χ4v) is 2.13. The Kier molecular flexibility index (Phi) is 5.99. The Morgan fingerprint density at radius 2 is 2.22 bits per heavy atom. The zero-order chi connectivity index (χ0) is 17.0. The number of aliphatic hydroxyl groups excluding tert-OH is 2. The van der Waals surface area contributed by atoms with Crippen molar-refractivity contribution in [3.05, 3.63) is 12.7 Å². The first-order valence-corrected chi connectivity index (χ1v) is 7.88. The van der Waals surface area contributed by atoms with Crippen LogP contribution in [-0.2, 0) is 13.8 Å². The van der Waals surface area contributed by atoms with Crippen LogP contribution in [0.15, 0.2) is 12.7 Å². The van der Waals surface area contributed by atoms with Gasteiger partial charge in [0.1, 0.15) is 24.2 Å². The second-order valence-electron chi connectivity index (χ2n) is 4.67. The molecular weight excluding hydrogens is 329 g/mol. The summed E-state index contributed by atoms with van der Waals surface area (Å²) in [5.74, 6) is 0.302. The lowest BCUT2D eigenvalue weighted by Crippen LogP contribution is -2.24. The second-order valence-corrected chi connectivity index (χ2v) is 5.61. The van der Waals surface area contributed by atoms with E-state index in [4.69, 9.17) is 20.5 Å². The van der Waals surface area contributed by atoms with E-state index in [1.807, 2.05) is 0 Å². The number of nitrogens with two attached hydrogens (primary N) is 1. The minimum Gasteiger partial charge on any atom is -0.394 e. The van der Waals surface area contributed by atoms with Crippen LogP contribution in [0.3, 0.4) is 0 Å².